The summed E-state index contributed by atoms with van der Waals surface area (Å²) in [6, 6.07) is 13.0. The number of aliphatic hydroxyl groups is 1. The van der Waals surface area contributed by atoms with Crippen molar-refractivity contribution >= 4 is 16.7 Å². The Hall–Kier alpha value is -2.79. The van der Waals surface area contributed by atoms with E-state index >= 15 is 0 Å². The maximum absolute atomic E-state index is 13.0. The smallest absolute Gasteiger partial charge is 0.253 e. The van der Waals surface area contributed by atoms with E-state index in [0.29, 0.717) is 11.1 Å². The largest absolute Gasteiger partial charge is 0.384 e. The number of carbonyl (C=O) groups excluding carboxylic acids is 1. The van der Waals surface area contributed by atoms with Gasteiger partial charge in [-0.05, 0) is 30.0 Å². The number of benzene rings is 2. The minimum Gasteiger partial charge on any atom is -0.384 e. The van der Waals surface area contributed by atoms with Gasteiger partial charge in [-0.15, -0.1) is 0 Å². The molecule has 0 saturated carbocycles. The molecule has 0 aliphatic carbocycles. The lowest BCUT2D eigenvalue weighted by atomic mass is 9.96. The number of hydrogen-bond acceptors (Lipinski definition) is 3. The van der Waals surface area contributed by atoms with Crippen LogP contribution in [0.1, 0.15) is 22.8 Å². The number of nitrogens with zero attached hydrogens (tertiary/aromatic N) is 1. The highest BCUT2D eigenvalue weighted by atomic mass is 19.1. The highest BCUT2D eigenvalue weighted by molar-refractivity contribution is 6.06. The lowest BCUT2D eigenvalue weighted by Crippen LogP contribution is -2.38. The van der Waals surface area contributed by atoms with Gasteiger partial charge < -0.3 is 10.4 Å². The Bertz CT molecular complexity index is 871. The molecule has 0 fully saturated rings. The molecule has 1 heterocycles. The first kappa shape index (κ1) is 16.1. The molecule has 122 valence electrons. The molecule has 5 heteroatoms. The second-order valence-electron chi connectivity index (χ2n) is 5.87. The Morgan fingerprint density at radius 1 is 1.17 bits per heavy atom. The average Bonchev–Trinajstić information content (AvgIpc) is 2.59. The molecule has 3 rings (SSSR count). The fraction of sp³-hybridized carbons (Fsp3) is 0.158. The molecule has 0 spiro atoms. The van der Waals surface area contributed by atoms with E-state index in [1.807, 2.05) is 24.3 Å². The Kier molecular flexibility index (Phi) is 4.27. The summed E-state index contributed by atoms with van der Waals surface area (Å²) in [5, 5.41) is 14.9. The summed E-state index contributed by atoms with van der Waals surface area (Å²) >= 11 is 0. The van der Waals surface area contributed by atoms with E-state index in [1.165, 1.54) is 30.5 Å². The van der Waals surface area contributed by atoms with E-state index in [4.69, 9.17) is 0 Å². The van der Waals surface area contributed by atoms with E-state index < -0.39 is 5.60 Å². The number of amides is 1. The molecule has 0 aliphatic rings. The van der Waals surface area contributed by atoms with Gasteiger partial charge in [0.15, 0.2) is 0 Å². The van der Waals surface area contributed by atoms with Gasteiger partial charge in [0.05, 0.1) is 12.1 Å². The zero-order valence-corrected chi connectivity index (χ0v) is 13.2. The first-order chi connectivity index (χ1) is 11.5. The van der Waals surface area contributed by atoms with Crippen LogP contribution in [0.5, 0.6) is 0 Å². The average molecular weight is 324 g/mol. The third-order valence-electron chi connectivity index (χ3n) is 3.97. The van der Waals surface area contributed by atoms with Crippen LogP contribution in [0.4, 0.5) is 4.39 Å². The number of hydrogen-bond donors (Lipinski definition) is 2. The number of rotatable bonds is 4. The third kappa shape index (κ3) is 3.26. The number of pyridine rings is 1. The molecule has 0 bridgehead atoms. The molecule has 1 unspecified atom stereocenters. The predicted molar refractivity (Wildman–Crippen MR) is 90.0 cm³/mol. The zero-order valence-electron chi connectivity index (χ0n) is 13.2. The van der Waals surface area contributed by atoms with Crippen LogP contribution < -0.4 is 5.32 Å². The van der Waals surface area contributed by atoms with Crippen molar-refractivity contribution in [2.45, 2.75) is 12.5 Å². The van der Waals surface area contributed by atoms with Crippen molar-refractivity contribution < 1.29 is 14.3 Å². The van der Waals surface area contributed by atoms with Crippen LogP contribution >= 0.6 is 0 Å². The van der Waals surface area contributed by atoms with Crippen LogP contribution in [-0.2, 0) is 5.60 Å². The van der Waals surface area contributed by atoms with E-state index in [0.717, 1.165) is 10.8 Å². The standard InChI is InChI=1S/C19H17FN2O2/c1-19(24,14-6-8-15(20)9-7-14)12-22-18(23)17-11-21-10-13-4-2-3-5-16(13)17/h2-11,24H,12H2,1H3,(H,22,23). The SMILES string of the molecule is CC(O)(CNC(=O)c1cncc2ccccc12)c1ccc(F)cc1. The summed E-state index contributed by atoms with van der Waals surface area (Å²) in [5.41, 5.74) is -0.329. The quantitative estimate of drug-likeness (QED) is 0.775. The van der Waals surface area contributed by atoms with Crippen LogP contribution in [-0.4, -0.2) is 22.5 Å². The van der Waals surface area contributed by atoms with Gasteiger partial charge in [-0.1, -0.05) is 36.4 Å². The fourth-order valence-electron chi connectivity index (χ4n) is 2.56. The van der Waals surface area contributed by atoms with Gasteiger partial charge in [0, 0.05) is 17.8 Å². The number of aromatic nitrogens is 1. The molecule has 4 nitrogen and oxygen atoms in total. The van der Waals surface area contributed by atoms with Crippen LogP contribution in [0.25, 0.3) is 10.8 Å². The summed E-state index contributed by atoms with van der Waals surface area (Å²) in [6.07, 6.45) is 3.20. The van der Waals surface area contributed by atoms with E-state index in [-0.39, 0.29) is 18.3 Å². The summed E-state index contributed by atoms with van der Waals surface area (Å²) < 4.78 is 13.0. The number of carbonyl (C=O) groups is 1. The highest BCUT2D eigenvalue weighted by Gasteiger charge is 2.24. The molecule has 24 heavy (non-hydrogen) atoms. The van der Waals surface area contributed by atoms with Crippen molar-refractivity contribution in [1.82, 2.24) is 10.3 Å². The predicted octanol–water partition coefficient (Wildman–Crippen LogP) is 3.01. The molecule has 3 aromatic rings. The first-order valence-electron chi connectivity index (χ1n) is 7.57. The molecular weight excluding hydrogens is 307 g/mol. The summed E-state index contributed by atoms with van der Waals surface area (Å²) in [7, 11) is 0. The fourth-order valence-corrected chi connectivity index (χ4v) is 2.56. The Balaban J connectivity index is 1.78. The van der Waals surface area contributed by atoms with Crippen LogP contribution in [0.15, 0.2) is 60.9 Å². The molecule has 0 aliphatic heterocycles. The van der Waals surface area contributed by atoms with Crippen molar-refractivity contribution in [3.63, 3.8) is 0 Å². The second-order valence-corrected chi connectivity index (χ2v) is 5.87. The van der Waals surface area contributed by atoms with Gasteiger partial charge in [-0.2, -0.15) is 0 Å². The maximum Gasteiger partial charge on any atom is 0.253 e. The zero-order chi connectivity index (χ0) is 17.2. The van der Waals surface area contributed by atoms with Gasteiger partial charge in [-0.3, -0.25) is 9.78 Å². The summed E-state index contributed by atoms with van der Waals surface area (Å²) in [4.78, 5) is 16.5. The Morgan fingerprint density at radius 2 is 1.88 bits per heavy atom. The number of fused-ring (bicyclic) bond motifs is 1. The summed E-state index contributed by atoms with van der Waals surface area (Å²) in [6.45, 7) is 1.57. The van der Waals surface area contributed by atoms with Gasteiger partial charge in [0.25, 0.3) is 5.91 Å². The van der Waals surface area contributed by atoms with Crippen molar-refractivity contribution in [1.29, 1.82) is 0 Å². The van der Waals surface area contributed by atoms with Gasteiger partial charge >= 0.3 is 0 Å². The lowest BCUT2D eigenvalue weighted by molar-refractivity contribution is 0.0526. The molecule has 1 aromatic heterocycles. The van der Waals surface area contributed by atoms with E-state index in [9.17, 15) is 14.3 Å². The highest BCUT2D eigenvalue weighted by Crippen LogP contribution is 2.21. The normalized spacial score (nSPS) is 13.5. The van der Waals surface area contributed by atoms with Crippen LogP contribution in [0, 0.1) is 5.82 Å². The molecular formula is C19H17FN2O2. The maximum atomic E-state index is 13.0. The molecule has 2 N–H and O–H groups in total. The second kappa shape index (κ2) is 6.37. The van der Waals surface area contributed by atoms with Crippen LogP contribution in [0.2, 0.25) is 0 Å². The minimum atomic E-state index is -1.30. The molecule has 2 aromatic carbocycles. The number of nitrogens with one attached hydrogen (secondary N) is 1. The summed E-state index contributed by atoms with van der Waals surface area (Å²) in [5.74, 6) is -0.692. The van der Waals surface area contributed by atoms with Crippen LogP contribution in [0.3, 0.4) is 0 Å². The van der Waals surface area contributed by atoms with Crippen molar-refractivity contribution in [3.05, 3.63) is 77.9 Å². The number of halogens is 1. The molecule has 0 radical (unpaired) electrons. The molecule has 1 atom stereocenters. The molecule has 1 amide bonds. The van der Waals surface area contributed by atoms with Gasteiger partial charge in [0.1, 0.15) is 11.4 Å². The Morgan fingerprint density at radius 3 is 2.62 bits per heavy atom. The first-order valence-corrected chi connectivity index (χ1v) is 7.57. The van der Waals surface area contributed by atoms with E-state index in [1.54, 1.807) is 13.1 Å². The minimum absolute atomic E-state index is 0.000681. The monoisotopic (exact) mass is 324 g/mol. The lowest BCUT2D eigenvalue weighted by Gasteiger charge is -2.24. The van der Waals surface area contributed by atoms with Gasteiger partial charge in [-0.25, -0.2) is 4.39 Å². The van der Waals surface area contributed by atoms with Crippen molar-refractivity contribution in [3.8, 4) is 0 Å². The van der Waals surface area contributed by atoms with Crippen molar-refractivity contribution in [2.24, 2.45) is 0 Å². The van der Waals surface area contributed by atoms with E-state index in [2.05, 4.69) is 10.3 Å². The van der Waals surface area contributed by atoms with Gasteiger partial charge in [0.2, 0.25) is 0 Å². The topological polar surface area (TPSA) is 62.2 Å². The molecule has 0 saturated heterocycles. The van der Waals surface area contributed by atoms with Crippen molar-refractivity contribution in [2.75, 3.05) is 6.54 Å². The Labute approximate surface area is 139 Å². The third-order valence-corrected chi connectivity index (χ3v) is 3.97.